The third-order valence-electron chi connectivity index (χ3n) is 2.64. The molecule has 0 N–H and O–H groups in total. The highest BCUT2D eigenvalue weighted by atomic mass is 16.6. The van der Waals surface area contributed by atoms with Gasteiger partial charge in [-0.05, 0) is 25.7 Å². The average molecular weight is 170 g/mol. The van der Waals surface area contributed by atoms with E-state index in [0.29, 0.717) is 31.2 Å². The van der Waals surface area contributed by atoms with Crippen molar-refractivity contribution in [3.8, 4) is 0 Å². The van der Waals surface area contributed by atoms with Crippen molar-refractivity contribution in [3.63, 3.8) is 0 Å². The molecule has 1 saturated heterocycles. The molecule has 1 saturated carbocycles. The molecule has 1 aliphatic heterocycles. The van der Waals surface area contributed by atoms with Crippen molar-refractivity contribution < 1.29 is 14.3 Å². The van der Waals surface area contributed by atoms with Gasteiger partial charge < -0.3 is 9.47 Å². The zero-order valence-corrected chi connectivity index (χ0v) is 7.29. The van der Waals surface area contributed by atoms with Crippen molar-refractivity contribution in [1.29, 1.82) is 0 Å². The summed E-state index contributed by atoms with van der Waals surface area (Å²) in [4.78, 5) is 11.1. The number of carbonyl (C=O) groups excluding carboxylic acids is 1. The highest BCUT2D eigenvalue weighted by molar-refractivity contribution is 5.69. The lowest BCUT2D eigenvalue weighted by Gasteiger charge is -2.08. The summed E-state index contributed by atoms with van der Waals surface area (Å²) in [5.41, 5.74) is 0. The van der Waals surface area contributed by atoms with E-state index in [4.69, 9.17) is 9.47 Å². The van der Waals surface area contributed by atoms with Gasteiger partial charge in [0.2, 0.25) is 0 Å². The number of esters is 1. The minimum atomic E-state index is -0.0707. The van der Waals surface area contributed by atoms with E-state index in [1.165, 1.54) is 0 Å². The molecule has 2 aliphatic rings. The molecule has 0 bridgehead atoms. The molecule has 1 aliphatic carbocycles. The van der Waals surface area contributed by atoms with Gasteiger partial charge in [0.25, 0.3) is 0 Å². The molecule has 12 heavy (non-hydrogen) atoms. The van der Waals surface area contributed by atoms with Crippen LogP contribution in [0.15, 0.2) is 0 Å². The van der Waals surface area contributed by atoms with Gasteiger partial charge in [-0.1, -0.05) is 0 Å². The summed E-state index contributed by atoms with van der Waals surface area (Å²) in [6.07, 6.45) is 3.68. The summed E-state index contributed by atoms with van der Waals surface area (Å²) in [6.45, 7) is 2.32. The summed E-state index contributed by atoms with van der Waals surface area (Å²) >= 11 is 0. The first-order valence-electron chi connectivity index (χ1n) is 4.62. The summed E-state index contributed by atoms with van der Waals surface area (Å²) in [5.74, 6) is 0.368. The van der Waals surface area contributed by atoms with E-state index in [0.717, 1.165) is 12.8 Å². The number of hydrogen-bond donors (Lipinski definition) is 0. The number of ether oxygens (including phenoxy) is 2. The Bertz CT molecular complexity index is 190. The van der Waals surface area contributed by atoms with E-state index in [1.54, 1.807) is 0 Å². The maximum absolute atomic E-state index is 11.1. The second kappa shape index (κ2) is 3.05. The zero-order valence-electron chi connectivity index (χ0n) is 7.29. The van der Waals surface area contributed by atoms with Gasteiger partial charge in [-0.15, -0.1) is 0 Å². The lowest BCUT2D eigenvalue weighted by molar-refractivity contribution is -0.144. The molecular formula is C9H14O3. The normalized spacial score (nSPS) is 37.6. The maximum atomic E-state index is 11.1. The largest absolute Gasteiger partial charge is 0.466 e. The van der Waals surface area contributed by atoms with Crippen LogP contribution < -0.4 is 0 Å². The monoisotopic (exact) mass is 170 g/mol. The number of hydrogen-bond acceptors (Lipinski definition) is 3. The Balaban J connectivity index is 1.75. The van der Waals surface area contributed by atoms with Gasteiger partial charge in [0.15, 0.2) is 0 Å². The molecule has 3 heteroatoms. The zero-order chi connectivity index (χ0) is 8.55. The molecule has 0 aromatic heterocycles. The van der Waals surface area contributed by atoms with Crippen LogP contribution in [0.3, 0.4) is 0 Å². The van der Waals surface area contributed by atoms with E-state index < -0.39 is 0 Å². The van der Waals surface area contributed by atoms with Crippen LogP contribution in [0.4, 0.5) is 0 Å². The fourth-order valence-corrected chi connectivity index (χ4v) is 2.00. The summed E-state index contributed by atoms with van der Waals surface area (Å²) < 4.78 is 10.2. The van der Waals surface area contributed by atoms with Crippen LogP contribution in [0.1, 0.15) is 26.2 Å². The fourth-order valence-electron chi connectivity index (χ4n) is 2.00. The first-order chi connectivity index (χ1) is 5.81. The van der Waals surface area contributed by atoms with Crippen LogP contribution in [-0.4, -0.2) is 24.8 Å². The first kappa shape index (κ1) is 8.05. The third kappa shape index (κ3) is 1.46. The Morgan fingerprint density at radius 3 is 2.92 bits per heavy atom. The molecule has 0 radical (unpaired) electrons. The van der Waals surface area contributed by atoms with Gasteiger partial charge >= 0.3 is 5.97 Å². The Hall–Kier alpha value is -0.570. The fraction of sp³-hybridized carbons (Fsp3) is 0.889. The lowest BCUT2D eigenvalue weighted by atomic mass is 10.0. The minimum absolute atomic E-state index is 0.0707. The molecule has 3 atom stereocenters. The van der Waals surface area contributed by atoms with E-state index in [1.807, 2.05) is 6.92 Å². The standard InChI is InChI=1S/C9H14O3/c1-2-11-8(10)5-6-3-4-7-9(6)12-7/h6-7,9H,2-5H2,1H3/t6-,7-,9+/m0/s1. The van der Waals surface area contributed by atoms with Gasteiger partial charge in [-0.2, -0.15) is 0 Å². The van der Waals surface area contributed by atoms with Crippen LogP contribution in [0.25, 0.3) is 0 Å². The molecule has 0 aromatic rings. The molecule has 0 amide bonds. The predicted octanol–water partition coefficient (Wildman–Crippen LogP) is 1.12. The van der Waals surface area contributed by atoms with Crippen LogP contribution >= 0.6 is 0 Å². The SMILES string of the molecule is CCOC(=O)C[C@@H]1CC[C@@H]2O[C@H]12. The number of carbonyl (C=O) groups is 1. The van der Waals surface area contributed by atoms with Crippen molar-refractivity contribution in [1.82, 2.24) is 0 Å². The highest BCUT2D eigenvalue weighted by Gasteiger charge is 2.50. The minimum Gasteiger partial charge on any atom is -0.466 e. The molecule has 0 aromatic carbocycles. The van der Waals surface area contributed by atoms with Crippen molar-refractivity contribution in [2.45, 2.75) is 38.4 Å². The highest BCUT2D eigenvalue weighted by Crippen LogP contribution is 2.44. The predicted molar refractivity (Wildman–Crippen MR) is 42.6 cm³/mol. The number of fused-ring (bicyclic) bond motifs is 1. The summed E-state index contributed by atoms with van der Waals surface area (Å²) in [6, 6.07) is 0. The van der Waals surface area contributed by atoms with Gasteiger partial charge in [-0.25, -0.2) is 0 Å². The number of epoxide rings is 1. The van der Waals surface area contributed by atoms with Crippen LogP contribution in [0.5, 0.6) is 0 Å². The van der Waals surface area contributed by atoms with Gasteiger partial charge in [0.05, 0.1) is 25.2 Å². The Morgan fingerprint density at radius 1 is 1.58 bits per heavy atom. The van der Waals surface area contributed by atoms with Gasteiger partial charge in [-0.3, -0.25) is 4.79 Å². The molecule has 0 spiro atoms. The Labute approximate surface area is 72.0 Å². The van der Waals surface area contributed by atoms with E-state index >= 15 is 0 Å². The number of rotatable bonds is 3. The van der Waals surface area contributed by atoms with Crippen molar-refractivity contribution in [2.75, 3.05) is 6.61 Å². The third-order valence-corrected chi connectivity index (χ3v) is 2.64. The summed E-state index contributed by atoms with van der Waals surface area (Å²) in [5, 5.41) is 0. The molecule has 68 valence electrons. The van der Waals surface area contributed by atoms with E-state index in [9.17, 15) is 4.79 Å². The Morgan fingerprint density at radius 2 is 2.42 bits per heavy atom. The molecule has 2 fully saturated rings. The molecular weight excluding hydrogens is 156 g/mol. The van der Waals surface area contributed by atoms with E-state index in [2.05, 4.69) is 0 Å². The van der Waals surface area contributed by atoms with Crippen LogP contribution in [0, 0.1) is 5.92 Å². The smallest absolute Gasteiger partial charge is 0.306 e. The van der Waals surface area contributed by atoms with Gasteiger partial charge in [0, 0.05) is 0 Å². The second-order valence-corrected chi connectivity index (χ2v) is 3.49. The first-order valence-corrected chi connectivity index (χ1v) is 4.62. The summed E-state index contributed by atoms with van der Waals surface area (Å²) in [7, 11) is 0. The van der Waals surface area contributed by atoms with Crippen molar-refractivity contribution in [2.24, 2.45) is 5.92 Å². The van der Waals surface area contributed by atoms with Crippen LogP contribution in [-0.2, 0) is 14.3 Å². The van der Waals surface area contributed by atoms with Crippen LogP contribution in [0.2, 0.25) is 0 Å². The molecule has 3 nitrogen and oxygen atoms in total. The lowest BCUT2D eigenvalue weighted by Crippen LogP contribution is -2.13. The van der Waals surface area contributed by atoms with Gasteiger partial charge in [0.1, 0.15) is 0 Å². The molecule has 0 unspecified atom stereocenters. The maximum Gasteiger partial charge on any atom is 0.306 e. The topological polar surface area (TPSA) is 38.8 Å². The molecule has 1 heterocycles. The average Bonchev–Trinajstić information content (AvgIpc) is 2.71. The molecule has 2 rings (SSSR count). The van der Waals surface area contributed by atoms with Crippen molar-refractivity contribution >= 4 is 5.97 Å². The quantitative estimate of drug-likeness (QED) is 0.470. The Kier molecular flexibility index (Phi) is 2.05. The van der Waals surface area contributed by atoms with E-state index in [-0.39, 0.29) is 5.97 Å². The second-order valence-electron chi connectivity index (χ2n) is 3.49. The van der Waals surface area contributed by atoms with Crippen molar-refractivity contribution in [3.05, 3.63) is 0 Å².